The molecule has 1 N–H and O–H groups in total. The molecule has 2 fully saturated rings. The molecule has 2 aliphatic rings. The summed E-state index contributed by atoms with van der Waals surface area (Å²) >= 11 is 0. The third-order valence-corrected chi connectivity index (χ3v) is 7.65. The number of piperidine rings is 1. The quantitative estimate of drug-likeness (QED) is 0.438. The van der Waals surface area contributed by atoms with E-state index in [0.717, 1.165) is 61.2 Å². The zero-order chi connectivity index (χ0) is 27.0. The van der Waals surface area contributed by atoms with E-state index in [-0.39, 0.29) is 5.41 Å². The lowest BCUT2D eigenvalue weighted by Gasteiger charge is -2.40. The molecule has 7 nitrogen and oxygen atoms in total. The molecule has 2 aromatic rings. The van der Waals surface area contributed by atoms with E-state index < -0.39 is 17.7 Å². The van der Waals surface area contributed by atoms with Crippen LogP contribution >= 0.6 is 0 Å². The molecule has 1 atom stereocenters. The fourth-order valence-corrected chi connectivity index (χ4v) is 5.42. The van der Waals surface area contributed by atoms with Crippen molar-refractivity contribution >= 4 is 11.7 Å². The molecule has 0 unspecified atom stereocenters. The number of anilines is 1. The Morgan fingerprint density at radius 1 is 1.16 bits per heavy atom. The van der Waals surface area contributed by atoms with Gasteiger partial charge in [0.25, 0.3) is 0 Å². The van der Waals surface area contributed by atoms with Crippen molar-refractivity contribution in [3.8, 4) is 17.0 Å². The first-order chi connectivity index (χ1) is 17.3. The number of rotatable bonds is 8. The minimum absolute atomic E-state index is 0.252. The largest absolute Gasteiger partial charge is 0.492 e. The smallest absolute Gasteiger partial charge is 0.337 e. The summed E-state index contributed by atoms with van der Waals surface area (Å²) in [7, 11) is 0. The monoisotopic (exact) mass is 509 g/mol. The maximum Gasteiger partial charge on any atom is 0.337 e. The number of aliphatic carboxylic acids is 1. The second-order valence-electron chi connectivity index (χ2n) is 12.8. The van der Waals surface area contributed by atoms with Gasteiger partial charge in [-0.3, -0.25) is 9.97 Å². The van der Waals surface area contributed by atoms with Gasteiger partial charge in [0.1, 0.15) is 5.75 Å². The molecule has 7 heteroatoms. The normalized spacial score (nSPS) is 22.3. The highest BCUT2D eigenvalue weighted by Crippen LogP contribution is 2.43. The van der Waals surface area contributed by atoms with Crippen LogP contribution in [0.1, 0.15) is 84.6 Å². The molecule has 37 heavy (non-hydrogen) atoms. The fraction of sp³-hybridized carbons (Fsp3) is 0.633. The molecule has 2 aromatic heterocycles. The van der Waals surface area contributed by atoms with Crippen LogP contribution in [0.5, 0.6) is 5.75 Å². The molecule has 1 saturated heterocycles. The Bertz CT molecular complexity index is 1090. The van der Waals surface area contributed by atoms with E-state index in [1.807, 2.05) is 46.0 Å². The summed E-state index contributed by atoms with van der Waals surface area (Å²) in [4.78, 5) is 24.2. The lowest BCUT2D eigenvalue weighted by Crippen LogP contribution is -2.39. The van der Waals surface area contributed by atoms with E-state index in [4.69, 9.17) is 14.5 Å². The Balaban J connectivity index is 1.72. The predicted octanol–water partition coefficient (Wildman–Crippen LogP) is 6.44. The van der Waals surface area contributed by atoms with E-state index >= 15 is 0 Å². The molecule has 3 heterocycles. The van der Waals surface area contributed by atoms with Crippen LogP contribution in [0.2, 0.25) is 0 Å². The lowest BCUT2D eigenvalue weighted by atomic mass is 9.77. The highest BCUT2D eigenvalue weighted by molar-refractivity contribution is 5.85. The van der Waals surface area contributed by atoms with Crippen LogP contribution in [0.3, 0.4) is 0 Å². The topological polar surface area (TPSA) is 84.8 Å². The van der Waals surface area contributed by atoms with E-state index in [9.17, 15) is 9.90 Å². The first-order valence-electron chi connectivity index (χ1n) is 13.6. The van der Waals surface area contributed by atoms with Gasteiger partial charge in [0, 0.05) is 36.1 Å². The van der Waals surface area contributed by atoms with Crippen LogP contribution in [0.4, 0.5) is 5.69 Å². The Morgan fingerprint density at radius 2 is 1.84 bits per heavy atom. The molecule has 202 valence electrons. The summed E-state index contributed by atoms with van der Waals surface area (Å²) in [6, 6.07) is 3.90. The second-order valence-corrected chi connectivity index (χ2v) is 12.8. The second kappa shape index (κ2) is 10.6. The van der Waals surface area contributed by atoms with Crippen molar-refractivity contribution in [3.63, 3.8) is 0 Å². The van der Waals surface area contributed by atoms with E-state index in [2.05, 4.69) is 30.7 Å². The average molecular weight is 510 g/mol. The first-order valence-corrected chi connectivity index (χ1v) is 13.6. The molecule has 1 saturated carbocycles. The van der Waals surface area contributed by atoms with Crippen LogP contribution < -0.4 is 9.64 Å². The number of hydrogen-bond acceptors (Lipinski definition) is 6. The van der Waals surface area contributed by atoms with Crippen LogP contribution in [0.25, 0.3) is 11.3 Å². The van der Waals surface area contributed by atoms with Gasteiger partial charge in [-0.1, -0.05) is 20.8 Å². The summed E-state index contributed by atoms with van der Waals surface area (Å²) in [5, 5.41) is 10.3. The molecular formula is C30H43N3O4. The summed E-state index contributed by atoms with van der Waals surface area (Å²) in [6.07, 6.45) is 6.94. The number of carboxylic acid groups (broad SMARTS) is 1. The van der Waals surface area contributed by atoms with Crippen molar-refractivity contribution in [3.05, 3.63) is 35.8 Å². The molecular weight excluding hydrogens is 466 g/mol. The fourth-order valence-electron chi connectivity index (χ4n) is 5.42. The van der Waals surface area contributed by atoms with Gasteiger partial charge in [-0.15, -0.1) is 0 Å². The highest BCUT2D eigenvalue weighted by atomic mass is 16.5. The van der Waals surface area contributed by atoms with Gasteiger partial charge < -0.3 is 19.5 Å². The summed E-state index contributed by atoms with van der Waals surface area (Å²) < 4.78 is 12.1. The molecule has 0 radical (unpaired) electrons. The van der Waals surface area contributed by atoms with E-state index in [0.29, 0.717) is 17.2 Å². The lowest BCUT2D eigenvalue weighted by molar-refractivity contribution is -0.160. The number of carbonyl (C=O) groups is 1. The van der Waals surface area contributed by atoms with Crippen LogP contribution in [-0.4, -0.2) is 46.3 Å². The SMILES string of the molecule is Cc1ncc(-c2ccc(OCC3CC(C)C3)cn2)c(N2CCC(C)(C)CC2)c1[C@H](OC(C)(C)C)C(=O)O. The highest BCUT2D eigenvalue weighted by Gasteiger charge is 2.36. The number of aryl methyl sites for hydroxylation is 1. The van der Waals surface area contributed by atoms with Gasteiger partial charge in [-0.25, -0.2) is 4.79 Å². The summed E-state index contributed by atoms with van der Waals surface area (Å²) in [5.41, 5.74) is 3.33. The Morgan fingerprint density at radius 3 is 2.38 bits per heavy atom. The van der Waals surface area contributed by atoms with Crippen molar-refractivity contribution in [2.24, 2.45) is 17.3 Å². The third-order valence-electron chi connectivity index (χ3n) is 7.65. The Kier molecular flexibility index (Phi) is 7.84. The molecule has 4 rings (SSSR count). The number of ether oxygens (including phenoxy) is 2. The maximum atomic E-state index is 12.5. The number of aromatic nitrogens is 2. The van der Waals surface area contributed by atoms with Gasteiger partial charge in [0.15, 0.2) is 6.10 Å². The molecule has 0 amide bonds. The van der Waals surface area contributed by atoms with E-state index in [1.165, 1.54) is 12.8 Å². The van der Waals surface area contributed by atoms with Crippen molar-refractivity contribution in [1.82, 2.24) is 9.97 Å². The number of hydrogen-bond donors (Lipinski definition) is 1. The van der Waals surface area contributed by atoms with Crippen LogP contribution in [-0.2, 0) is 9.53 Å². The number of nitrogens with zero attached hydrogens (tertiary/aromatic N) is 3. The van der Waals surface area contributed by atoms with Crippen LogP contribution in [0, 0.1) is 24.2 Å². The average Bonchev–Trinajstić information content (AvgIpc) is 2.79. The van der Waals surface area contributed by atoms with Crippen molar-refractivity contribution in [1.29, 1.82) is 0 Å². The van der Waals surface area contributed by atoms with Gasteiger partial charge in [0.2, 0.25) is 0 Å². The molecule has 0 aromatic carbocycles. The third kappa shape index (κ3) is 6.61. The van der Waals surface area contributed by atoms with Crippen molar-refractivity contribution < 1.29 is 19.4 Å². The Hall–Kier alpha value is -2.67. The first kappa shape index (κ1) is 27.4. The van der Waals surface area contributed by atoms with Crippen LogP contribution in [0.15, 0.2) is 24.5 Å². The van der Waals surface area contributed by atoms with Gasteiger partial charge in [-0.05, 0) is 82.8 Å². The summed E-state index contributed by atoms with van der Waals surface area (Å²) in [6.45, 7) is 16.7. The van der Waals surface area contributed by atoms with Crippen molar-refractivity contribution in [2.45, 2.75) is 85.9 Å². The van der Waals surface area contributed by atoms with Gasteiger partial charge in [-0.2, -0.15) is 0 Å². The van der Waals surface area contributed by atoms with Gasteiger partial charge >= 0.3 is 5.97 Å². The number of carboxylic acids is 1. The van der Waals surface area contributed by atoms with Gasteiger partial charge in [0.05, 0.1) is 29.8 Å². The summed E-state index contributed by atoms with van der Waals surface area (Å²) in [5.74, 6) is 1.17. The zero-order valence-corrected chi connectivity index (χ0v) is 23.5. The molecule has 0 bridgehead atoms. The minimum Gasteiger partial charge on any atom is -0.492 e. The molecule has 0 spiro atoms. The zero-order valence-electron chi connectivity index (χ0n) is 23.5. The number of pyridine rings is 2. The Labute approximate surface area is 221 Å². The predicted molar refractivity (Wildman–Crippen MR) is 146 cm³/mol. The molecule has 1 aliphatic carbocycles. The molecule has 1 aliphatic heterocycles. The minimum atomic E-state index is -1.13. The standard InChI is InChI=1S/C30H43N3O4/c1-19-14-21(15-19)18-36-22-8-9-24(32-16-22)23-17-31-20(2)25(27(28(34)35)37-29(3,4)5)26(23)33-12-10-30(6,7)11-13-33/h8-9,16-17,19,21,27H,10-15,18H2,1-7H3,(H,34,35)/t19?,21?,27-/m0/s1. The maximum absolute atomic E-state index is 12.5. The van der Waals surface area contributed by atoms with Crippen molar-refractivity contribution in [2.75, 3.05) is 24.6 Å². The van der Waals surface area contributed by atoms with E-state index in [1.54, 1.807) is 6.20 Å².